The maximum atomic E-state index is 10.1. The number of nitriles is 2. The van der Waals surface area contributed by atoms with Gasteiger partial charge in [0.2, 0.25) is 0 Å². The van der Waals surface area contributed by atoms with Gasteiger partial charge in [-0.25, -0.2) is 4.99 Å². The molecule has 1 saturated carbocycles. The fourth-order valence-electron chi connectivity index (χ4n) is 4.72. The number of rotatable bonds is 1. The third kappa shape index (κ3) is 1.23. The summed E-state index contributed by atoms with van der Waals surface area (Å²) >= 11 is 5.99. The molecule has 6 nitrogen and oxygen atoms in total. The van der Waals surface area contributed by atoms with Crippen LogP contribution in [0.25, 0.3) is 0 Å². The van der Waals surface area contributed by atoms with E-state index in [4.69, 9.17) is 26.8 Å². The Bertz CT molecular complexity index is 857. The lowest BCUT2D eigenvalue weighted by Gasteiger charge is -2.27. The minimum Gasteiger partial charge on any atom is -0.311 e. The zero-order chi connectivity index (χ0) is 17.4. The molecule has 1 aliphatic carbocycles. The smallest absolute Gasteiger partial charge is 0.311 e. The van der Waals surface area contributed by atoms with Gasteiger partial charge in [0.05, 0.1) is 30.3 Å². The standard InChI is InChI=1S/C17H15ClN4O2/c1-10-7-23-17(24-10)16(9-20)14(2,11-3-5-12(18)6-4-11)15(16,8-19)13(21)22-17/h3-6,10H,7H2,1-2H3,(H2,21,22)/p+1/t10-,14+,15+,16-,17-/m1/s1. The van der Waals surface area contributed by atoms with Crippen LogP contribution in [0, 0.1) is 33.5 Å². The van der Waals surface area contributed by atoms with Crippen molar-refractivity contribution in [2.45, 2.75) is 31.3 Å². The predicted octanol–water partition coefficient (Wildman–Crippen LogP) is 0.172. The minimum atomic E-state index is -1.42. The van der Waals surface area contributed by atoms with E-state index in [1.807, 2.05) is 26.0 Å². The summed E-state index contributed by atoms with van der Waals surface area (Å²) in [5.74, 6) is -1.21. The van der Waals surface area contributed by atoms with Crippen LogP contribution in [-0.4, -0.2) is 24.5 Å². The Hall–Kier alpha value is -2.12. The number of nitrogens with one attached hydrogen (secondary N) is 1. The van der Waals surface area contributed by atoms with Crippen LogP contribution in [0.3, 0.4) is 0 Å². The van der Waals surface area contributed by atoms with Crippen LogP contribution in [0.5, 0.6) is 0 Å². The average Bonchev–Trinajstić information content (AvgIpc) is 2.75. The molecule has 24 heavy (non-hydrogen) atoms. The summed E-state index contributed by atoms with van der Waals surface area (Å²) in [6.45, 7) is 4.03. The normalized spacial score (nSPS) is 45.4. The van der Waals surface area contributed by atoms with Crippen LogP contribution >= 0.6 is 11.6 Å². The van der Waals surface area contributed by atoms with Crippen LogP contribution in [0.15, 0.2) is 24.3 Å². The molecule has 0 radical (unpaired) electrons. The van der Waals surface area contributed by atoms with Gasteiger partial charge in [0.15, 0.2) is 10.8 Å². The zero-order valence-corrected chi connectivity index (χ0v) is 14.0. The summed E-state index contributed by atoms with van der Waals surface area (Å²) in [6, 6.07) is 11.7. The lowest BCUT2D eigenvalue weighted by atomic mass is 9.85. The molecule has 7 heteroatoms. The molecule has 1 spiro atoms. The second-order valence-electron chi connectivity index (χ2n) is 6.75. The van der Waals surface area contributed by atoms with E-state index in [1.54, 1.807) is 12.1 Å². The van der Waals surface area contributed by atoms with Gasteiger partial charge in [0, 0.05) is 5.02 Å². The average molecular weight is 344 g/mol. The lowest BCUT2D eigenvalue weighted by Crippen LogP contribution is -2.90. The molecule has 0 bridgehead atoms. The molecule has 1 aromatic carbocycles. The Morgan fingerprint density at radius 2 is 1.96 bits per heavy atom. The summed E-state index contributed by atoms with van der Waals surface area (Å²) in [7, 11) is 0. The molecule has 0 amide bonds. The summed E-state index contributed by atoms with van der Waals surface area (Å²) in [5.41, 5.74) is 3.60. The number of halogens is 1. The molecule has 2 heterocycles. The Morgan fingerprint density at radius 1 is 1.29 bits per heavy atom. The third-order valence-electron chi connectivity index (χ3n) is 5.84. The first-order valence-corrected chi connectivity index (χ1v) is 8.04. The van der Waals surface area contributed by atoms with E-state index in [9.17, 15) is 10.5 Å². The quantitative estimate of drug-likeness (QED) is 0.756. The van der Waals surface area contributed by atoms with Crippen molar-refractivity contribution < 1.29 is 14.5 Å². The third-order valence-corrected chi connectivity index (χ3v) is 6.09. The first-order chi connectivity index (χ1) is 11.3. The van der Waals surface area contributed by atoms with E-state index < -0.39 is 22.2 Å². The van der Waals surface area contributed by atoms with Crippen molar-refractivity contribution in [2.24, 2.45) is 16.6 Å². The highest BCUT2D eigenvalue weighted by Gasteiger charge is 3.03. The molecule has 0 unspecified atom stereocenters. The summed E-state index contributed by atoms with van der Waals surface area (Å²) in [4.78, 5) is 2.96. The number of hydrogen-bond acceptors (Lipinski definition) is 5. The minimum absolute atomic E-state index is 0.207. The van der Waals surface area contributed by atoms with Crippen LogP contribution in [-0.2, 0) is 14.9 Å². The van der Waals surface area contributed by atoms with Gasteiger partial charge in [-0.15, -0.1) is 0 Å². The van der Waals surface area contributed by atoms with Crippen LogP contribution in [0.2, 0.25) is 5.02 Å². The number of fused-ring (bicyclic) bond motifs is 2. The second-order valence-corrected chi connectivity index (χ2v) is 7.19. The van der Waals surface area contributed by atoms with E-state index >= 15 is 0 Å². The molecule has 3 aliphatic rings. The molecule has 2 aliphatic heterocycles. The Kier molecular flexibility index (Phi) is 2.75. The summed E-state index contributed by atoms with van der Waals surface area (Å²) in [5, 5.41) is 20.7. The van der Waals surface area contributed by atoms with Gasteiger partial charge in [-0.3, -0.25) is 5.73 Å². The lowest BCUT2D eigenvalue weighted by molar-refractivity contribution is -0.679. The molecule has 3 N–H and O–H groups in total. The molecule has 4 rings (SSSR count). The van der Waals surface area contributed by atoms with E-state index in [1.165, 1.54) is 0 Å². The summed E-state index contributed by atoms with van der Waals surface area (Å²) < 4.78 is 11.8. The number of benzene rings is 1. The van der Waals surface area contributed by atoms with Crippen molar-refractivity contribution in [3.8, 4) is 12.1 Å². The monoisotopic (exact) mass is 343 g/mol. The van der Waals surface area contributed by atoms with Gasteiger partial charge in [-0.05, 0) is 24.6 Å². The molecular weight excluding hydrogens is 328 g/mol. The highest BCUT2D eigenvalue weighted by atomic mass is 35.5. The summed E-state index contributed by atoms with van der Waals surface area (Å²) in [6.07, 6.45) is -0.208. The van der Waals surface area contributed by atoms with Crippen molar-refractivity contribution in [1.29, 1.82) is 10.5 Å². The highest BCUT2D eigenvalue weighted by Crippen LogP contribution is 2.82. The maximum absolute atomic E-state index is 10.1. The van der Waals surface area contributed by atoms with E-state index in [0.29, 0.717) is 11.6 Å². The van der Waals surface area contributed by atoms with Crippen LogP contribution < -0.4 is 10.7 Å². The molecule has 5 atom stereocenters. The van der Waals surface area contributed by atoms with E-state index in [-0.39, 0.29) is 11.9 Å². The zero-order valence-electron chi connectivity index (χ0n) is 13.3. The largest absolute Gasteiger partial charge is 0.344 e. The van der Waals surface area contributed by atoms with Crippen molar-refractivity contribution in [1.82, 2.24) is 0 Å². The van der Waals surface area contributed by atoms with Gasteiger partial charge in [-0.1, -0.05) is 30.7 Å². The molecule has 1 aromatic rings. The van der Waals surface area contributed by atoms with Crippen molar-refractivity contribution >= 4 is 17.4 Å². The van der Waals surface area contributed by atoms with Gasteiger partial charge < -0.3 is 9.47 Å². The van der Waals surface area contributed by atoms with Gasteiger partial charge >= 0.3 is 5.91 Å². The Balaban J connectivity index is 1.98. The fraction of sp³-hybridized carbons (Fsp3) is 0.471. The number of nitrogens with zero attached hydrogens (tertiary/aromatic N) is 2. The van der Waals surface area contributed by atoms with Crippen molar-refractivity contribution in [2.75, 3.05) is 6.61 Å². The van der Waals surface area contributed by atoms with Crippen LogP contribution in [0.1, 0.15) is 19.4 Å². The Labute approximate surface area is 144 Å². The topological polar surface area (TPSA) is 106 Å². The number of hydrogen-bond donors (Lipinski definition) is 2. The first kappa shape index (κ1) is 15.4. The first-order valence-electron chi connectivity index (χ1n) is 7.66. The molecular formula is C17H16ClN4O2+. The molecule has 2 fully saturated rings. The number of nitrogens with two attached hydrogens (primary N) is 1. The molecule has 122 valence electrons. The van der Waals surface area contributed by atoms with Gasteiger partial charge in [0.25, 0.3) is 5.84 Å². The van der Waals surface area contributed by atoms with Gasteiger partial charge in [-0.2, -0.15) is 10.5 Å². The van der Waals surface area contributed by atoms with Gasteiger partial charge in [0.1, 0.15) is 0 Å². The number of amidine groups is 1. The molecule has 1 saturated heterocycles. The predicted molar refractivity (Wildman–Crippen MR) is 84.3 cm³/mol. The van der Waals surface area contributed by atoms with Crippen LogP contribution in [0.4, 0.5) is 0 Å². The second kappa shape index (κ2) is 4.29. The SMILES string of the molecule is C[C@@H]1CO[C@@]2([NH+]=C(N)[C@@]3(C#N)[C@](C)(c4ccc(Cl)cc4)[C@@]23C#N)O1. The van der Waals surface area contributed by atoms with Crippen molar-refractivity contribution in [3.05, 3.63) is 34.9 Å². The molecule has 0 aromatic heterocycles. The van der Waals surface area contributed by atoms with E-state index in [2.05, 4.69) is 17.1 Å². The number of ether oxygens (including phenoxy) is 2. The van der Waals surface area contributed by atoms with Crippen molar-refractivity contribution in [3.63, 3.8) is 0 Å². The Morgan fingerprint density at radius 3 is 2.46 bits per heavy atom. The fourth-order valence-corrected chi connectivity index (χ4v) is 4.85. The van der Waals surface area contributed by atoms with E-state index in [0.717, 1.165) is 5.56 Å². The maximum Gasteiger partial charge on any atom is 0.344 e. The highest BCUT2D eigenvalue weighted by molar-refractivity contribution is 6.30.